The largest absolute Gasteiger partial charge is 0.508 e. The van der Waals surface area contributed by atoms with Crippen molar-refractivity contribution >= 4 is 0 Å². The van der Waals surface area contributed by atoms with Crippen LogP contribution in [0.3, 0.4) is 0 Å². The van der Waals surface area contributed by atoms with Crippen LogP contribution in [0.2, 0.25) is 0 Å². The summed E-state index contributed by atoms with van der Waals surface area (Å²) in [6.45, 7) is 2.11. The maximum absolute atomic E-state index is 9.71. The van der Waals surface area contributed by atoms with Crippen molar-refractivity contribution in [1.82, 2.24) is 0 Å². The lowest BCUT2D eigenvalue weighted by molar-refractivity contribution is 0.224. The van der Waals surface area contributed by atoms with Gasteiger partial charge in [0.25, 0.3) is 0 Å². The average Bonchev–Trinajstić information content (AvgIpc) is 2.56. The van der Waals surface area contributed by atoms with Crippen LogP contribution in [0, 0.1) is 0 Å². The van der Waals surface area contributed by atoms with Gasteiger partial charge in [0.15, 0.2) is 0 Å². The number of hydrogen-bond donors (Lipinski definition) is 3. The van der Waals surface area contributed by atoms with Crippen molar-refractivity contribution in [3.8, 4) is 11.5 Å². The minimum atomic E-state index is -0.442. The van der Waals surface area contributed by atoms with E-state index in [1.54, 1.807) is 30.3 Å². The minimum absolute atomic E-state index is 0.227. The van der Waals surface area contributed by atoms with Crippen LogP contribution < -0.4 is 0 Å². The molecule has 0 aliphatic heterocycles. The molecule has 0 amide bonds. The Morgan fingerprint density at radius 2 is 1.35 bits per heavy atom. The lowest BCUT2D eigenvalue weighted by atomic mass is 9.69. The van der Waals surface area contributed by atoms with Crippen molar-refractivity contribution in [2.75, 3.05) is 0 Å². The van der Waals surface area contributed by atoms with Crippen LogP contribution in [-0.4, -0.2) is 21.4 Å². The quantitative estimate of drug-likeness (QED) is 0.811. The summed E-state index contributed by atoms with van der Waals surface area (Å²) in [5, 5.41) is 28.9. The van der Waals surface area contributed by atoms with Crippen molar-refractivity contribution in [3.05, 3.63) is 83.5 Å². The molecule has 0 aromatic heterocycles. The van der Waals surface area contributed by atoms with E-state index in [0.29, 0.717) is 6.42 Å². The molecular formula is C20H20O3. The van der Waals surface area contributed by atoms with Crippen LogP contribution in [0.25, 0.3) is 0 Å². The number of hydrogen-bond acceptors (Lipinski definition) is 3. The third-order valence-electron chi connectivity index (χ3n) is 4.54. The van der Waals surface area contributed by atoms with Gasteiger partial charge in [-0.3, -0.25) is 0 Å². The van der Waals surface area contributed by atoms with Gasteiger partial charge in [-0.15, -0.1) is 0 Å². The molecule has 3 nitrogen and oxygen atoms in total. The Morgan fingerprint density at radius 1 is 0.870 bits per heavy atom. The van der Waals surface area contributed by atoms with Gasteiger partial charge in [0.1, 0.15) is 11.5 Å². The first-order valence-electron chi connectivity index (χ1n) is 7.66. The Balaban J connectivity index is 2.15. The van der Waals surface area contributed by atoms with E-state index in [2.05, 4.69) is 6.92 Å². The summed E-state index contributed by atoms with van der Waals surface area (Å²) in [6, 6.07) is 14.3. The van der Waals surface area contributed by atoms with Crippen molar-refractivity contribution in [3.63, 3.8) is 0 Å². The Kier molecular flexibility index (Phi) is 3.97. The molecule has 0 radical (unpaired) electrons. The zero-order chi connectivity index (χ0) is 16.4. The molecule has 118 valence electrons. The molecule has 0 saturated carbocycles. The minimum Gasteiger partial charge on any atom is -0.508 e. The van der Waals surface area contributed by atoms with Gasteiger partial charge in [-0.1, -0.05) is 42.5 Å². The van der Waals surface area contributed by atoms with E-state index in [9.17, 15) is 15.3 Å². The van der Waals surface area contributed by atoms with Crippen LogP contribution in [0.5, 0.6) is 11.5 Å². The SMILES string of the molecule is CC(C1=CCC(O)C=C1)(c1ccc(O)cc1)c1ccc(O)cc1. The summed E-state index contributed by atoms with van der Waals surface area (Å²) in [5.41, 5.74) is 2.72. The van der Waals surface area contributed by atoms with E-state index in [0.717, 1.165) is 16.7 Å². The second kappa shape index (κ2) is 5.94. The fourth-order valence-electron chi connectivity index (χ4n) is 3.07. The molecular weight excluding hydrogens is 288 g/mol. The zero-order valence-corrected chi connectivity index (χ0v) is 13.0. The van der Waals surface area contributed by atoms with Crippen LogP contribution in [0.4, 0.5) is 0 Å². The number of benzene rings is 2. The van der Waals surface area contributed by atoms with Gasteiger partial charge in [-0.25, -0.2) is 0 Å². The van der Waals surface area contributed by atoms with Crippen LogP contribution in [-0.2, 0) is 5.41 Å². The molecule has 23 heavy (non-hydrogen) atoms. The number of phenolic OH excluding ortho intramolecular Hbond substituents is 2. The third-order valence-corrected chi connectivity index (χ3v) is 4.54. The zero-order valence-electron chi connectivity index (χ0n) is 13.0. The first-order chi connectivity index (χ1) is 11.0. The highest BCUT2D eigenvalue weighted by Gasteiger charge is 2.33. The second-order valence-electron chi connectivity index (χ2n) is 6.04. The molecule has 0 bridgehead atoms. The molecule has 1 aliphatic carbocycles. The summed E-state index contributed by atoms with van der Waals surface area (Å²) >= 11 is 0. The number of phenols is 2. The van der Waals surface area contributed by atoms with Crippen LogP contribution >= 0.6 is 0 Å². The Labute approximate surface area is 135 Å². The average molecular weight is 308 g/mol. The number of allylic oxidation sites excluding steroid dienone is 2. The highest BCUT2D eigenvalue weighted by Crippen LogP contribution is 2.41. The van der Waals surface area contributed by atoms with Crippen LogP contribution in [0.15, 0.2) is 72.3 Å². The standard InChI is InChI=1S/C20H20O3/c1-20(14-2-8-17(21)9-3-14,15-4-10-18(22)11-5-15)16-6-12-19(23)13-7-16/h2-12,19,21-23H,13H2,1H3. The van der Waals surface area contributed by atoms with Crippen molar-refractivity contribution in [2.45, 2.75) is 24.9 Å². The molecule has 3 heteroatoms. The van der Waals surface area contributed by atoms with Crippen LogP contribution in [0.1, 0.15) is 24.5 Å². The van der Waals surface area contributed by atoms with Gasteiger partial charge in [0.05, 0.1) is 6.10 Å². The number of aromatic hydroxyl groups is 2. The third kappa shape index (κ3) is 2.88. The van der Waals surface area contributed by atoms with Crippen molar-refractivity contribution in [1.29, 1.82) is 0 Å². The maximum atomic E-state index is 9.71. The Hall–Kier alpha value is -2.52. The maximum Gasteiger partial charge on any atom is 0.115 e. The van der Waals surface area contributed by atoms with E-state index in [1.807, 2.05) is 36.4 Å². The smallest absolute Gasteiger partial charge is 0.115 e. The number of aliphatic hydroxyl groups is 1. The molecule has 0 heterocycles. The lowest BCUT2D eigenvalue weighted by Gasteiger charge is -2.34. The van der Waals surface area contributed by atoms with E-state index in [4.69, 9.17) is 0 Å². The van der Waals surface area contributed by atoms with E-state index in [-0.39, 0.29) is 11.5 Å². The number of aliphatic hydroxyl groups excluding tert-OH is 1. The van der Waals surface area contributed by atoms with E-state index < -0.39 is 11.5 Å². The highest BCUT2D eigenvalue weighted by atomic mass is 16.3. The van der Waals surface area contributed by atoms with E-state index >= 15 is 0 Å². The fraction of sp³-hybridized carbons (Fsp3) is 0.200. The lowest BCUT2D eigenvalue weighted by Crippen LogP contribution is -2.27. The van der Waals surface area contributed by atoms with Gasteiger partial charge < -0.3 is 15.3 Å². The van der Waals surface area contributed by atoms with Gasteiger partial charge in [-0.05, 0) is 54.3 Å². The van der Waals surface area contributed by atoms with Gasteiger partial charge >= 0.3 is 0 Å². The summed E-state index contributed by atoms with van der Waals surface area (Å²) in [6.07, 6.45) is 5.94. The molecule has 2 aromatic carbocycles. The van der Waals surface area contributed by atoms with Crippen molar-refractivity contribution < 1.29 is 15.3 Å². The summed E-state index contributed by atoms with van der Waals surface area (Å²) in [7, 11) is 0. The monoisotopic (exact) mass is 308 g/mol. The topological polar surface area (TPSA) is 60.7 Å². The molecule has 2 aromatic rings. The molecule has 1 atom stereocenters. The first-order valence-corrected chi connectivity index (χ1v) is 7.66. The van der Waals surface area contributed by atoms with Gasteiger partial charge in [-0.2, -0.15) is 0 Å². The fourth-order valence-corrected chi connectivity index (χ4v) is 3.07. The molecule has 3 N–H and O–H groups in total. The molecule has 1 unspecified atom stereocenters. The molecule has 0 saturated heterocycles. The Morgan fingerprint density at radius 3 is 1.74 bits per heavy atom. The van der Waals surface area contributed by atoms with Crippen molar-refractivity contribution in [2.24, 2.45) is 0 Å². The summed E-state index contributed by atoms with van der Waals surface area (Å²) in [4.78, 5) is 0. The first kappa shape index (κ1) is 15.4. The molecule has 0 spiro atoms. The normalized spacial score (nSPS) is 17.8. The molecule has 3 rings (SSSR count). The second-order valence-corrected chi connectivity index (χ2v) is 6.04. The highest BCUT2D eigenvalue weighted by molar-refractivity contribution is 5.53. The summed E-state index contributed by atoms with van der Waals surface area (Å²) < 4.78 is 0. The number of rotatable bonds is 3. The predicted molar refractivity (Wildman–Crippen MR) is 90.5 cm³/mol. The molecule has 1 aliphatic rings. The van der Waals surface area contributed by atoms with E-state index in [1.165, 1.54) is 0 Å². The van der Waals surface area contributed by atoms with Gasteiger partial charge in [0.2, 0.25) is 0 Å². The molecule has 0 fully saturated rings. The van der Waals surface area contributed by atoms with Gasteiger partial charge in [0, 0.05) is 5.41 Å². The predicted octanol–water partition coefficient (Wildman–Crippen LogP) is 3.65. The summed E-state index contributed by atoms with van der Waals surface area (Å²) in [5.74, 6) is 0.454. The Bertz CT molecular complexity index is 694.